The van der Waals surface area contributed by atoms with Crippen LogP contribution in [0, 0.1) is 0 Å². The van der Waals surface area contributed by atoms with Gasteiger partial charge in [0, 0.05) is 41.9 Å². The Bertz CT molecular complexity index is 653. The van der Waals surface area contributed by atoms with E-state index in [4.69, 9.17) is 11.6 Å². The first-order chi connectivity index (χ1) is 9.13. The number of piperidine rings is 1. The normalized spacial score (nSPS) is 16.1. The van der Waals surface area contributed by atoms with E-state index in [-0.39, 0.29) is 11.7 Å². The second-order valence-corrected chi connectivity index (χ2v) is 5.18. The molecule has 1 amide bonds. The summed E-state index contributed by atoms with van der Waals surface area (Å²) in [6, 6.07) is 7.27. The van der Waals surface area contributed by atoms with Crippen LogP contribution < -0.4 is 0 Å². The number of aromatic amines is 1. The minimum absolute atomic E-state index is 0.0557. The molecule has 1 aromatic carbocycles. The van der Waals surface area contributed by atoms with Crippen LogP contribution in [0.2, 0.25) is 5.02 Å². The lowest BCUT2D eigenvalue weighted by Crippen LogP contribution is -2.38. The minimum Gasteiger partial charge on any atom is -0.351 e. The zero-order valence-electron chi connectivity index (χ0n) is 10.3. The lowest BCUT2D eigenvalue weighted by Gasteiger charge is -2.25. The third kappa shape index (κ3) is 2.36. The van der Waals surface area contributed by atoms with Crippen LogP contribution in [-0.2, 0) is 4.79 Å². The van der Waals surface area contributed by atoms with Crippen LogP contribution in [0.5, 0.6) is 0 Å². The average Bonchev–Trinajstić information content (AvgIpc) is 2.81. The van der Waals surface area contributed by atoms with Gasteiger partial charge in [-0.1, -0.05) is 11.6 Å². The molecule has 19 heavy (non-hydrogen) atoms. The van der Waals surface area contributed by atoms with Crippen molar-refractivity contribution in [2.24, 2.45) is 0 Å². The second-order valence-electron chi connectivity index (χ2n) is 4.75. The zero-order valence-corrected chi connectivity index (χ0v) is 11.0. The third-order valence-electron chi connectivity index (χ3n) is 3.42. The van der Waals surface area contributed by atoms with Gasteiger partial charge in [0.1, 0.15) is 11.5 Å². The van der Waals surface area contributed by atoms with Crippen molar-refractivity contribution in [3.05, 3.63) is 35.0 Å². The number of benzene rings is 1. The van der Waals surface area contributed by atoms with E-state index in [2.05, 4.69) is 4.98 Å². The summed E-state index contributed by atoms with van der Waals surface area (Å²) in [4.78, 5) is 28.3. The molecule has 0 aliphatic carbocycles. The van der Waals surface area contributed by atoms with Crippen molar-refractivity contribution < 1.29 is 9.59 Å². The fraction of sp³-hybridized carbons (Fsp3) is 0.286. The van der Waals surface area contributed by atoms with Crippen LogP contribution in [0.4, 0.5) is 0 Å². The molecule has 0 unspecified atom stereocenters. The van der Waals surface area contributed by atoms with Gasteiger partial charge in [0.25, 0.3) is 5.91 Å². The molecule has 2 heterocycles. The number of fused-ring (bicyclic) bond motifs is 1. The first-order valence-corrected chi connectivity index (χ1v) is 6.60. The SMILES string of the molecule is O=C1CCN(C(=O)c2cc3cc(Cl)ccc3[nH]2)CC1. The number of halogens is 1. The first-order valence-electron chi connectivity index (χ1n) is 6.23. The van der Waals surface area contributed by atoms with E-state index in [0.29, 0.717) is 36.6 Å². The van der Waals surface area contributed by atoms with Gasteiger partial charge in [-0.3, -0.25) is 9.59 Å². The Kier molecular flexibility index (Phi) is 3.03. The number of carbonyl (C=O) groups is 2. The Hall–Kier alpha value is -1.81. The highest BCUT2D eigenvalue weighted by Gasteiger charge is 2.22. The van der Waals surface area contributed by atoms with Crippen molar-refractivity contribution in [3.8, 4) is 0 Å². The zero-order chi connectivity index (χ0) is 13.4. The molecule has 0 spiro atoms. The number of amides is 1. The van der Waals surface area contributed by atoms with Gasteiger partial charge >= 0.3 is 0 Å². The fourth-order valence-corrected chi connectivity index (χ4v) is 2.53. The Morgan fingerprint density at radius 1 is 1.21 bits per heavy atom. The molecule has 1 aliphatic heterocycles. The Morgan fingerprint density at radius 2 is 1.95 bits per heavy atom. The molecule has 4 nitrogen and oxygen atoms in total. The number of hydrogen-bond acceptors (Lipinski definition) is 2. The number of hydrogen-bond donors (Lipinski definition) is 1. The largest absolute Gasteiger partial charge is 0.351 e. The lowest BCUT2D eigenvalue weighted by molar-refractivity contribution is -0.120. The van der Waals surface area contributed by atoms with Crippen molar-refractivity contribution in [3.63, 3.8) is 0 Å². The summed E-state index contributed by atoms with van der Waals surface area (Å²) in [5.74, 6) is 0.173. The van der Waals surface area contributed by atoms with Gasteiger partial charge in [-0.15, -0.1) is 0 Å². The molecule has 1 saturated heterocycles. The maximum absolute atomic E-state index is 12.3. The van der Waals surface area contributed by atoms with E-state index >= 15 is 0 Å². The number of Topliss-reactive ketones (excluding diaryl/α,β-unsaturated/α-hetero) is 1. The van der Waals surface area contributed by atoms with Crippen molar-refractivity contribution in [1.29, 1.82) is 0 Å². The van der Waals surface area contributed by atoms with Crippen molar-refractivity contribution >= 4 is 34.2 Å². The summed E-state index contributed by atoms with van der Waals surface area (Å²) in [6.07, 6.45) is 0.912. The van der Waals surface area contributed by atoms with E-state index in [1.54, 1.807) is 17.0 Å². The maximum Gasteiger partial charge on any atom is 0.270 e. The van der Waals surface area contributed by atoms with Crippen LogP contribution in [0.1, 0.15) is 23.3 Å². The van der Waals surface area contributed by atoms with Crippen LogP contribution in [0.15, 0.2) is 24.3 Å². The Morgan fingerprint density at radius 3 is 2.68 bits per heavy atom. The van der Waals surface area contributed by atoms with Crippen molar-refractivity contribution in [2.45, 2.75) is 12.8 Å². The molecule has 1 aromatic heterocycles. The van der Waals surface area contributed by atoms with Gasteiger partial charge < -0.3 is 9.88 Å². The summed E-state index contributed by atoms with van der Waals surface area (Å²) in [6.45, 7) is 1.02. The molecule has 3 rings (SSSR count). The van der Waals surface area contributed by atoms with Crippen LogP contribution in [-0.4, -0.2) is 34.7 Å². The maximum atomic E-state index is 12.3. The molecule has 5 heteroatoms. The van der Waals surface area contributed by atoms with E-state index in [9.17, 15) is 9.59 Å². The van der Waals surface area contributed by atoms with E-state index in [1.807, 2.05) is 12.1 Å². The average molecular weight is 277 g/mol. The molecule has 1 N–H and O–H groups in total. The summed E-state index contributed by atoms with van der Waals surface area (Å²) in [5, 5.41) is 1.57. The van der Waals surface area contributed by atoms with Crippen LogP contribution in [0.3, 0.4) is 0 Å². The number of nitrogens with zero attached hydrogens (tertiary/aromatic N) is 1. The third-order valence-corrected chi connectivity index (χ3v) is 3.66. The van der Waals surface area contributed by atoms with Crippen molar-refractivity contribution in [2.75, 3.05) is 13.1 Å². The number of rotatable bonds is 1. The fourth-order valence-electron chi connectivity index (χ4n) is 2.35. The molecular formula is C14H13ClN2O2. The van der Waals surface area contributed by atoms with Gasteiger partial charge in [0.2, 0.25) is 0 Å². The number of H-pyrrole nitrogens is 1. The van der Waals surface area contributed by atoms with Crippen LogP contribution >= 0.6 is 11.6 Å². The summed E-state index contributed by atoms with van der Waals surface area (Å²) >= 11 is 5.93. The summed E-state index contributed by atoms with van der Waals surface area (Å²) in [5.41, 5.74) is 1.44. The smallest absolute Gasteiger partial charge is 0.270 e. The monoisotopic (exact) mass is 276 g/mol. The first kappa shape index (κ1) is 12.2. The number of carbonyl (C=O) groups excluding carboxylic acids is 2. The topological polar surface area (TPSA) is 53.2 Å². The standard InChI is InChI=1S/C14H13ClN2O2/c15-10-1-2-12-9(7-10)8-13(16-12)14(19)17-5-3-11(18)4-6-17/h1-2,7-8,16H,3-6H2. The number of nitrogens with one attached hydrogen (secondary N) is 1. The second kappa shape index (κ2) is 4.70. The minimum atomic E-state index is -0.0557. The number of ketones is 1. The highest BCUT2D eigenvalue weighted by molar-refractivity contribution is 6.31. The molecule has 0 atom stereocenters. The Balaban J connectivity index is 1.87. The molecule has 0 radical (unpaired) electrons. The number of likely N-dealkylation sites (tertiary alicyclic amines) is 1. The molecule has 1 aliphatic rings. The van der Waals surface area contributed by atoms with Crippen LogP contribution in [0.25, 0.3) is 10.9 Å². The van der Waals surface area contributed by atoms with Gasteiger partial charge in [0.05, 0.1) is 0 Å². The van der Waals surface area contributed by atoms with E-state index in [0.717, 1.165) is 10.9 Å². The quantitative estimate of drug-likeness (QED) is 0.870. The molecule has 0 bridgehead atoms. The molecule has 1 fully saturated rings. The Labute approximate surface area is 115 Å². The molecule has 0 saturated carbocycles. The molecule has 2 aromatic rings. The van der Waals surface area contributed by atoms with Gasteiger partial charge in [-0.05, 0) is 24.3 Å². The summed E-state index contributed by atoms with van der Waals surface area (Å²) in [7, 11) is 0. The molecular weight excluding hydrogens is 264 g/mol. The summed E-state index contributed by atoms with van der Waals surface area (Å²) < 4.78 is 0. The van der Waals surface area contributed by atoms with Gasteiger partial charge in [0.15, 0.2) is 0 Å². The number of aromatic nitrogens is 1. The highest BCUT2D eigenvalue weighted by Crippen LogP contribution is 2.21. The predicted octanol–water partition coefficient (Wildman–Crippen LogP) is 2.63. The highest BCUT2D eigenvalue weighted by atomic mass is 35.5. The van der Waals surface area contributed by atoms with Gasteiger partial charge in [-0.2, -0.15) is 0 Å². The molecule has 98 valence electrons. The van der Waals surface area contributed by atoms with Crippen molar-refractivity contribution in [1.82, 2.24) is 9.88 Å². The predicted molar refractivity (Wildman–Crippen MR) is 73.5 cm³/mol. The lowest BCUT2D eigenvalue weighted by atomic mass is 10.1. The van der Waals surface area contributed by atoms with Gasteiger partial charge in [-0.25, -0.2) is 0 Å². The van der Waals surface area contributed by atoms with E-state index in [1.165, 1.54) is 0 Å². The van der Waals surface area contributed by atoms with E-state index < -0.39 is 0 Å².